The van der Waals surface area contributed by atoms with Crippen LogP contribution in [0.15, 0.2) is 60.7 Å². The van der Waals surface area contributed by atoms with E-state index in [9.17, 15) is 9.90 Å². The van der Waals surface area contributed by atoms with E-state index in [2.05, 4.69) is 24.4 Å². The minimum Gasteiger partial charge on any atom is -0.480 e. The van der Waals surface area contributed by atoms with Gasteiger partial charge in [-0.3, -0.25) is 4.79 Å². The number of carboxylic acids is 1. The maximum absolute atomic E-state index is 11.4. The predicted octanol–water partition coefficient (Wildman–Crippen LogP) is 3.28. The van der Waals surface area contributed by atoms with Gasteiger partial charge in [0.05, 0.1) is 0 Å². The molecule has 2 atom stereocenters. The average molecular weight is 283 g/mol. The van der Waals surface area contributed by atoms with E-state index in [4.69, 9.17) is 0 Å². The van der Waals surface area contributed by atoms with E-state index in [1.807, 2.05) is 48.5 Å². The van der Waals surface area contributed by atoms with Crippen LogP contribution in [0.1, 0.15) is 24.1 Å². The van der Waals surface area contributed by atoms with Gasteiger partial charge in [0.25, 0.3) is 0 Å². The first kappa shape index (κ1) is 15.3. The lowest BCUT2D eigenvalue weighted by atomic mass is 10.00. The van der Waals surface area contributed by atoms with E-state index in [1.165, 1.54) is 5.56 Å². The Balaban J connectivity index is 1.92. The van der Waals surface area contributed by atoms with E-state index < -0.39 is 12.0 Å². The molecule has 0 aliphatic carbocycles. The molecule has 0 saturated carbocycles. The molecule has 110 valence electrons. The lowest BCUT2D eigenvalue weighted by Gasteiger charge is -2.18. The van der Waals surface area contributed by atoms with E-state index >= 15 is 0 Å². The zero-order valence-electron chi connectivity index (χ0n) is 12.2. The van der Waals surface area contributed by atoms with Crippen LogP contribution in [0.3, 0.4) is 0 Å². The molecule has 2 aromatic rings. The molecule has 0 saturated heterocycles. The Labute approximate surface area is 125 Å². The van der Waals surface area contributed by atoms with Crippen molar-refractivity contribution in [1.29, 1.82) is 0 Å². The van der Waals surface area contributed by atoms with Crippen LogP contribution in [0.2, 0.25) is 0 Å². The van der Waals surface area contributed by atoms with Gasteiger partial charge < -0.3 is 10.4 Å². The fourth-order valence-electron chi connectivity index (χ4n) is 2.40. The van der Waals surface area contributed by atoms with E-state index in [1.54, 1.807) is 0 Å². The first-order chi connectivity index (χ1) is 10.2. The second-order valence-electron chi connectivity index (χ2n) is 5.39. The highest BCUT2D eigenvalue weighted by atomic mass is 16.4. The molecule has 0 amide bonds. The van der Waals surface area contributed by atoms with E-state index in [0.717, 1.165) is 12.0 Å². The molecule has 0 heterocycles. The fraction of sp³-hybridized carbons (Fsp3) is 0.278. The van der Waals surface area contributed by atoms with Crippen molar-refractivity contribution >= 4 is 5.97 Å². The minimum atomic E-state index is -0.840. The van der Waals surface area contributed by atoms with Gasteiger partial charge in [0, 0.05) is 0 Å². The van der Waals surface area contributed by atoms with Gasteiger partial charge in [-0.1, -0.05) is 67.6 Å². The van der Waals surface area contributed by atoms with Gasteiger partial charge in [0.15, 0.2) is 0 Å². The average Bonchev–Trinajstić information content (AvgIpc) is 2.49. The summed E-state index contributed by atoms with van der Waals surface area (Å²) in [6, 6.07) is 18.9. The molecule has 0 spiro atoms. The molecule has 0 fully saturated rings. The Morgan fingerprint density at radius 3 is 2.19 bits per heavy atom. The summed E-state index contributed by atoms with van der Waals surface area (Å²) in [6.45, 7) is 2.80. The topological polar surface area (TPSA) is 49.3 Å². The van der Waals surface area contributed by atoms with Crippen LogP contribution in [0, 0.1) is 5.92 Å². The van der Waals surface area contributed by atoms with Crippen LogP contribution >= 0.6 is 0 Å². The third-order valence-electron chi connectivity index (χ3n) is 3.48. The number of nitrogens with one attached hydrogen (secondary N) is 1. The highest BCUT2D eigenvalue weighted by Gasteiger charge is 2.19. The van der Waals surface area contributed by atoms with Crippen LogP contribution in [0.5, 0.6) is 0 Å². The second kappa shape index (κ2) is 7.60. The molecule has 0 bridgehead atoms. The van der Waals surface area contributed by atoms with Gasteiger partial charge in [-0.2, -0.15) is 0 Å². The predicted molar refractivity (Wildman–Crippen MR) is 84.1 cm³/mol. The summed E-state index contributed by atoms with van der Waals surface area (Å²) in [5.41, 5.74) is 2.07. The number of benzene rings is 2. The first-order valence-corrected chi connectivity index (χ1v) is 7.22. The van der Waals surface area contributed by atoms with Crippen molar-refractivity contribution in [2.45, 2.75) is 19.4 Å². The summed E-state index contributed by atoms with van der Waals surface area (Å²) in [5.74, 6) is -0.467. The Bertz CT molecular complexity index is 554. The van der Waals surface area contributed by atoms with Crippen LogP contribution < -0.4 is 5.32 Å². The van der Waals surface area contributed by atoms with Crippen molar-refractivity contribution in [3.8, 4) is 0 Å². The van der Waals surface area contributed by atoms with Gasteiger partial charge in [0.2, 0.25) is 0 Å². The fourth-order valence-corrected chi connectivity index (χ4v) is 2.40. The summed E-state index contributed by atoms with van der Waals surface area (Å²) in [4.78, 5) is 11.4. The van der Waals surface area contributed by atoms with Crippen molar-refractivity contribution in [1.82, 2.24) is 5.32 Å². The SMILES string of the molecule is CC(CN[C@H](C(=O)O)c1ccccc1)Cc1ccccc1. The minimum absolute atomic E-state index is 0.373. The van der Waals surface area contributed by atoms with Gasteiger partial charge in [0.1, 0.15) is 6.04 Å². The van der Waals surface area contributed by atoms with Gasteiger partial charge in [-0.25, -0.2) is 0 Å². The molecule has 3 heteroatoms. The number of hydrogen-bond acceptors (Lipinski definition) is 2. The Hall–Kier alpha value is -2.13. The molecular formula is C18H21NO2. The zero-order valence-corrected chi connectivity index (χ0v) is 12.2. The number of aliphatic carboxylic acids is 1. The molecule has 3 nitrogen and oxygen atoms in total. The summed E-state index contributed by atoms with van der Waals surface area (Å²) in [7, 11) is 0. The second-order valence-corrected chi connectivity index (χ2v) is 5.39. The van der Waals surface area contributed by atoms with Gasteiger partial charge >= 0.3 is 5.97 Å². The number of carbonyl (C=O) groups is 1. The van der Waals surface area contributed by atoms with Crippen molar-refractivity contribution in [2.24, 2.45) is 5.92 Å². The van der Waals surface area contributed by atoms with Crippen molar-refractivity contribution < 1.29 is 9.90 Å². The van der Waals surface area contributed by atoms with Crippen molar-refractivity contribution in [3.05, 3.63) is 71.8 Å². The molecule has 2 rings (SSSR count). The first-order valence-electron chi connectivity index (χ1n) is 7.22. The largest absolute Gasteiger partial charge is 0.480 e. The summed E-state index contributed by atoms with van der Waals surface area (Å²) in [5, 5.41) is 12.5. The molecule has 2 aromatic carbocycles. The Morgan fingerprint density at radius 2 is 1.62 bits per heavy atom. The van der Waals surface area contributed by atoms with E-state index in [-0.39, 0.29) is 0 Å². The summed E-state index contributed by atoms with van der Waals surface area (Å²) >= 11 is 0. The smallest absolute Gasteiger partial charge is 0.325 e. The molecule has 0 aromatic heterocycles. The third-order valence-corrected chi connectivity index (χ3v) is 3.48. The lowest BCUT2D eigenvalue weighted by molar-refractivity contribution is -0.139. The molecule has 0 aliphatic heterocycles. The maximum Gasteiger partial charge on any atom is 0.325 e. The van der Waals surface area contributed by atoms with Gasteiger partial charge in [-0.15, -0.1) is 0 Å². The van der Waals surface area contributed by atoms with Crippen LogP contribution in [0.25, 0.3) is 0 Å². The molecule has 1 unspecified atom stereocenters. The zero-order chi connectivity index (χ0) is 15.1. The third kappa shape index (κ3) is 4.72. The maximum atomic E-state index is 11.4. The Morgan fingerprint density at radius 1 is 1.05 bits per heavy atom. The van der Waals surface area contributed by atoms with Crippen molar-refractivity contribution in [2.75, 3.05) is 6.54 Å². The highest BCUT2D eigenvalue weighted by molar-refractivity contribution is 5.75. The molecule has 0 radical (unpaired) electrons. The van der Waals surface area contributed by atoms with E-state index in [0.29, 0.717) is 12.5 Å². The van der Waals surface area contributed by atoms with Crippen LogP contribution in [0.4, 0.5) is 0 Å². The highest BCUT2D eigenvalue weighted by Crippen LogP contribution is 2.14. The summed E-state index contributed by atoms with van der Waals surface area (Å²) < 4.78 is 0. The Kier molecular flexibility index (Phi) is 5.52. The normalized spacial score (nSPS) is 13.6. The van der Waals surface area contributed by atoms with Crippen LogP contribution in [-0.4, -0.2) is 17.6 Å². The molecule has 21 heavy (non-hydrogen) atoms. The standard InChI is InChI=1S/C18H21NO2/c1-14(12-15-8-4-2-5-9-15)13-19-17(18(20)21)16-10-6-3-7-11-16/h2-11,14,17,19H,12-13H2,1H3,(H,20,21)/t14?,17-/m0/s1. The number of carboxylic acid groups (broad SMARTS) is 1. The van der Waals surface area contributed by atoms with Crippen molar-refractivity contribution in [3.63, 3.8) is 0 Å². The molecule has 0 aliphatic rings. The lowest BCUT2D eigenvalue weighted by Crippen LogP contribution is -2.32. The van der Waals surface area contributed by atoms with Crippen LogP contribution in [-0.2, 0) is 11.2 Å². The van der Waals surface area contributed by atoms with Gasteiger partial charge in [-0.05, 0) is 30.0 Å². The monoisotopic (exact) mass is 283 g/mol. The number of hydrogen-bond donors (Lipinski definition) is 2. The number of rotatable bonds is 7. The summed E-state index contributed by atoms with van der Waals surface area (Å²) in [6.07, 6.45) is 0.939. The quantitative estimate of drug-likeness (QED) is 0.820. The molecular weight excluding hydrogens is 262 g/mol. The molecule has 2 N–H and O–H groups in total.